The molecule has 3 N–H and O–H groups in total. The minimum absolute atomic E-state index is 0.0274. The molecule has 1 unspecified atom stereocenters. The molecule has 2 amide bonds. The average molecular weight is 436 g/mol. The third-order valence-electron chi connectivity index (χ3n) is 6.02. The molecule has 0 saturated carbocycles. The van der Waals surface area contributed by atoms with Gasteiger partial charge in [0.15, 0.2) is 0 Å². The Hall–Kier alpha value is -1.71. The number of nitrogens with one attached hydrogen (secondary N) is 2. The lowest BCUT2D eigenvalue weighted by Crippen LogP contribution is -2.51. The molecular formula is C21H39N5O4. The normalized spacial score (nSPS) is 20.9. The highest BCUT2D eigenvalue weighted by Crippen LogP contribution is 2.18. The summed E-state index contributed by atoms with van der Waals surface area (Å²) in [6, 6.07) is 0.459. The van der Waals surface area contributed by atoms with Crippen molar-refractivity contribution in [2.45, 2.75) is 51.5 Å². The maximum Gasteiger partial charge on any atom is 0.303 e. The van der Waals surface area contributed by atoms with E-state index in [4.69, 9.17) is 5.11 Å². The number of carbonyl (C=O) groups is 3. The van der Waals surface area contributed by atoms with Gasteiger partial charge in [-0.15, -0.1) is 0 Å². The van der Waals surface area contributed by atoms with Crippen molar-refractivity contribution >= 4 is 17.8 Å². The first kappa shape index (κ1) is 24.6. The van der Waals surface area contributed by atoms with E-state index in [0.29, 0.717) is 44.9 Å². The second kappa shape index (κ2) is 13.6. The molecule has 2 heterocycles. The van der Waals surface area contributed by atoms with Crippen LogP contribution in [0.25, 0.3) is 0 Å². The summed E-state index contributed by atoms with van der Waals surface area (Å²) in [6.45, 7) is 11.1. The van der Waals surface area contributed by atoms with Gasteiger partial charge in [-0.25, -0.2) is 0 Å². The number of nitrogens with zero attached hydrogens (tertiary/aromatic N) is 3. The number of carbonyl (C=O) groups excluding carboxylic acids is 2. The van der Waals surface area contributed by atoms with Gasteiger partial charge in [-0.1, -0.05) is 6.92 Å². The van der Waals surface area contributed by atoms with Gasteiger partial charge < -0.3 is 20.6 Å². The van der Waals surface area contributed by atoms with Crippen LogP contribution < -0.4 is 10.6 Å². The van der Waals surface area contributed by atoms with Crippen LogP contribution in [0.4, 0.5) is 0 Å². The molecule has 0 aromatic carbocycles. The first-order valence-corrected chi connectivity index (χ1v) is 11.4. The first-order chi connectivity index (χ1) is 14.5. The first-order valence-electron chi connectivity index (χ1n) is 11.4. The second-order valence-electron chi connectivity index (χ2n) is 8.30. The highest BCUT2D eigenvalue weighted by atomic mass is 16.5. The van der Waals surface area contributed by atoms with Crippen LogP contribution in [-0.2, 0) is 14.4 Å². The van der Waals surface area contributed by atoms with Gasteiger partial charge in [0.1, 0.15) is 0 Å². The van der Waals surface area contributed by atoms with E-state index in [1.807, 2.05) is 0 Å². The van der Waals surface area contributed by atoms with Crippen LogP contribution in [-0.4, -0.2) is 109 Å². The standard InChI is InChI=1S/C21H39N5O4/c1-2-24-12-14-25(15-13-24)16-18-6-5-11-26(18)17-20(28)23-9-3-7-19(27)22-10-4-8-21(29)30/h18H,2-17H2,1H3,(H,22,27)(H,23,28)(H,29,30)/i3+1,4+1,7+1,8+1,9+1,10+1,19+1,20+1,21+1,22+1,23+1. The molecule has 2 aliphatic heterocycles. The van der Waals surface area contributed by atoms with Crippen molar-refractivity contribution < 1.29 is 19.5 Å². The highest BCUT2D eigenvalue weighted by Gasteiger charge is 2.28. The second-order valence-corrected chi connectivity index (χ2v) is 8.30. The monoisotopic (exact) mass is 436 g/mol. The molecule has 0 aromatic rings. The van der Waals surface area contributed by atoms with Gasteiger partial charge in [0, 0.05) is 64.7 Å². The molecule has 2 aliphatic rings. The van der Waals surface area contributed by atoms with Crippen molar-refractivity contribution in [3.05, 3.63) is 0 Å². The minimum Gasteiger partial charge on any atom is -0.481 e. The molecule has 2 rings (SSSR count). The molecule has 0 spiro atoms. The third kappa shape index (κ3) is 9.40. The molecular weight excluding hydrogens is 397 g/mol. The van der Waals surface area contributed by atoms with Gasteiger partial charge in [-0.2, -0.15) is 0 Å². The Morgan fingerprint density at radius 1 is 0.900 bits per heavy atom. The largest absolute Gasteiger partial charge is 0.481 e. The summed E-state index contributed by atoms with van der Waals surface area (Å²) in [4.78, 5) is 41.7. The summed E-state index contributed by atoms with van der Waals surface area (Å²) in [5.74, 6) is -0.928. The Morgan fingerprint density at radius 2 is 1.53 bits per heavy atom. The number of rotatable bonds is 13. The van der Waals surface area contributed by atoms with Crippen LogP contribution in [0.5, 0.6) is 0 Å². The van der Waals surface area contributed by atoms with Crippen LogP contribution >= 0.6 is 0 Å². The van der Waals surface area contributed by atoms with E-state index in [0.717, 1.165) is 58.7 Å². The number of carboxylic acids is 1. The molecule has 1 atom stereocenters. The predicted molar refractivity (Wildman–Crippen MR) is 115 cm³/mol. The van der Waals surface area contributed by atoms with Crippen molar-refractivity contribution in [1.82, 2.24) is 25.3 Å². The van der Waals surface area contributed by atoms with Crippen molar-refractivity contribution in [3.63, 3.8) is 0 Å². The molecule has 9 nitrogen and oxygen atoms in total. The van der Waals surface area contributed by atoms with Gasteiger partial charge in [0.05, 0.1) is 6.54 Å². The summed E-state index contributed by atoms with van der Waals surface area (Å²) >= 11 is 0. The van der Waals surface area contributed by atoms with Crippen LogP contribution in [0.2, 0.25) is 0 Å². The van der Waals surface area contributed by atoms with Gasteiger partial charge in [0.25, 0.3) is 0 Å². The van der Waals surface area contributed by atoms with E-state index >= 15 is 0 Å². The topological polar surface area (TPSA) is 105 Å². The minimum atomic E-state index is -0.855. The number of likely N-dealkylation sites (N-methyl/N-ethyl adjacent to an activating group) is 1. The van der Waals surface area contributed by atoms with E-state index in [2.05, 4.69) is 32.3 Å². The zero-order valence-corrected chi connectivity index (χ0v) is 18.4. The fourth-order valence-electron chi connectivity index (χ4n) is 4.17. The Kier molecular flexibility index (Phi) is 11.1. The molecule has 30 heavy (non-hydrogen) atoms. The smallest absolute Gasteiger partial charge is 0.303 e. The molecule has 0 aliphatic carbocycles. The number of piperazine rings is 1. The van der Waals surface area contributed by atoms with Gasteiger partial charge in [0.2, 0.25) is 11.8 Å². The molecule has 9 heteroatoms. The average Bonchev–Trinajstić information content (AvgIpc) is 3.15. The van der Waals surface area contributed by atoms with Crippen LogP contribution in [0.1, 0.15) is 45.4 Å². The van der Waals surface area contributed by atoms with Crippen molar-refractivity contribution in [2.24, 2.45) is 0 Å². The van der Waals surface area contributed by atoms with Crippen molar-refractivity contribution in [1.29, 1.82) is 0 Å². The lowest BCUT2D eigenvalue weighted by atomic mass is 10.2. The van der Waals surface area contributed by atoms with Crippen molar-refractivity contribution in [3.8, 4) is 0 Å². The van der Waals surface area contributed by atoms with Crippen LogP contribution in [0.15, 0.2) is 0 Å². The molecule has 0 bridgehead atoms. The number of hydrogen-bond donors (Lipinski definition) is 3. The van der Waals surface area contributed by atoms with E-state index < -0.39 is 5.97 Å². The van der Waals surface area contributed by atoms with E-state index in [1.54, 1.807) is 0 Å². The fraction of sp³-hybridized carbons (Fsp3) is 0.857. The Bertz CT molecular complexity index is 552. The zero-order chi connectivity index (χ0) is 21.8. The van der Waals surface area contributed by atoms with Crippen LogP contribution in [0, 0.1) is 0 Å². The molecule has 172 valence electrons. The lowest BCUT2D eigenvalue weighted by Gasteiger charge is -2.37. The number of hydrogen-bond acceptors (Lipinski definition) is 6. The van der Waals surface area contributed by atoms with Gasteiger partial charge in [-0.3, -0.25) is 24.2 Å². The SMILES string of the molecule is CCN1CCN(CC2CCCN2C[13C](=O)[15NH][13CH2][13CH2][13CH2][13C](=O)[15NH][13CH2][13CH2][13CH2][13C](=O)O)CC1. The van der Waals surface area contributed by atoms with E-state index in [9.17, 15) is 14.4 Å². The maximum absolute atomic E-state index is 12.3. The Labute approximate surface area is 180 Å². The summed E-state index contributed by atoms with van der Waals surface area (Å²) in [6.07, 6.45) is 3.72. The summed E-state index contributed by atoms with van der Waals surface area (Å²) in [5.41, 5.74) is 0. The number of carboxylic acid groups (broad SMARTS) is 1. The van der Waals surface area contributed by atoms with Crippen LogP contribution in [0.3, 0.4) is 0 Å². The van der Waals surface area contributed by atoms with E-state index in [-0.39, 0.29) is 18.2 Å². The third-order valence-corrected chi connectivity index (χ3v) is 6.02. The molecule has 2 fully saturated rings. The molecule has 2 saturated heterocycles. The Balaban J connectivity index is 1.55. The van der Waals surface area contributed by atoms with Gasteiger partial charge >= 0.3 is 5.97 Å². The molecule has 0 radical (unpaired) electrons. The fourth-order valence-corrected chi connectivity index (χ4v) is 4.17. The number of likely N-dealkylation sites (tertiary alicyclic amines) is 1. The Morgan fingerprint density at radius 3 is 2.20 bits per heavy atom. The molecule has 0 aromatic heterocycles. The van der Waals surface area contributed by atoms with Gasteiger partial charge in [-0.05, 0) is 38.8 Å². The summed E-state index contributed by atoms with van der Waals surface area (Å²) in [7, 11) is 0. The maximum atomic E-state index is 12.3. The lowest BCUT2D eigenvalue weighted by molar-refractivity contribution is -0.137. The number of aliphatic carboxylic acids is 1. The van der Waals surface area contributed by atoms with E-state index in [1.165, 1.54) is 0 Å². The highest BCUT2D eigenvalue weighted by molar-refractivity contribution is 5.78. The number of amides is 2. The van der Waals surface area contributed by atoms with Crippen molar-refractivity contribution in [2.75, 3.05) is 65.4 Å². The predicted octanol–water partition coefficient (Wildman–Crippen LogP) is -0.0343. The zero-order valence-electron chi connectivity index (χ0n) is 18.4. The summed E-state index contributed by atoms with van der Waals surface area (Å²) in [5, 5.41) is 14.2. The summed E-state index contributed by atoms with van der Waals surface area (Å²) < 4.78 is 0. The quantitative estimate of drug-likeness (QED) is 0.211.